The molecule has 5 heteroatoms. The molecule has 0 aliphatic rings. The number of hydrogen-bond donors (Lipinski definition) is 0. The van der Waals surface area contributed by atoms with Gasteiger partial charge in [-0.05, 0) is 0 Å². The summed E-state index contributed by atoms with van der Waals surface area (Å²) in [5.41, 5.74) is 2.50. The SMILES string of the molecule is c1ccc(CC[O][Sn]([O][Sn]([O]CCc2ccccc2)([c]2ccccc2)[c]2ccccc2)([c]2ccccc2)[c]2ccccc2)cc1. The molecular formula is C40H38O3Sn2. The second-order valence-corrected chi connectivity index (χ2v) is 30.7. The van der Waals surface area contributed by atoms with Crippen molar-refractivity contribution in [3.63, 3.8) is 0 Å². The van der Waals surface area contributed by atoms with Crippen LogP contribution < -0.4 is 14.3 Å². The number of benzene rings is 6. The Balaban J connectivity index is 1.50. The molecule has 6 aromatic rings. The molecule has 6 aromatic carbocycles. The van der Waals surface area contributed by atoms with Crippen LogP contribution >= 0.6 is 0 Å². The maximum atomic E-state index is 8.02. The van der Waals surface area contributed by atoms with Gasteiger partial charge in [0.1, 0.15) is 0 Å². The average Bonchev–Trinajstić information content (AvgIpc) is 3.13. The molecule has 0 saturated heterocycles. The van der Waals surface area contributed by atoms with Crippen molar-refractivity contribution in [3.05, 3.63) is 193 Å². The van der Waals surface area contributed by atoms with E-state index in [1.165, 1.54) is 11.1 Å². The summed E-state index contributed by atoms with van der Waals surface area (Å²) in [5.74, 6) is 0. The molecule has 0 aromatic heterocycles. The van der Waals surface area contributed by atoms with Crippen molar-refractivity contribution in [2.45, 2.75) is 12.8 Å². The molecule has 0 bridgehead atoms. The Morgan fingerprint density at radius 3 is 0.822 bits per heavy atom. The van der Waals surface area contributed by atoms with Crippen molar-refractivity contribution in [1.82, 2.24) is 0 Å². The summed E-state index contributed by atoms with van der Waals surface area (Å²) in [6.07, 6.45) is 1.60. The zero-order valence-corrected chi connectivity index (χ0v) is 31.1. The molecule has 0 spiro atoms. The molecule has 0 aliphatic carbocycles. The average molecular weight is 804 g/mol. The van der Waals surface area contributed by atoms with Gasteiger partial charge in [0.25, 0.3) is 0 Å². The Kier molecular flexibility index (Phi) is 11.2. The van der Waals surface area contributed by atoms with Crippen LogP contribution in [0.15, 0.2) is 182 Å². The van der Waals surface area contributed by atoms with E-state index in [2.05, 4.69) is 182 Å². The Bertz CT molecular complexity index is 1490. The van der Waals surface area contributed by atoms with E-state index in [-0.39, 0.29) is 0 Å². The van der Waals surface area contributed by atoms with Crippen molar-refractivity contribution in [2.24, 2.45) is 0 Å². The van der Waals surface area contributed by atoms with E-state index in [0.29, 0.717) is 13.2 Å². The van der Waals surface area contributed by atoms with E-state index in [4.69, 9.17) is 7.56 Å². The molecule has 0 radical (unpaired) electrons. The maximum absolute atomic E-state index is 8.02. The third-order valence-corrected chi connectivity index (χ3v) is 36.6. The molecule has 0 saturated carbocycles. The van der Waals surface area contributed by atoms with Crippen LogP contribution in [0.5, 0.6) is 0 Å². The Morgan fingerprint density at radius 2 is 0.556 bits per heavy atom. The zero-order chi connectivity index (χ0) is 30.6. The summed E-state index contributed by atoms with van der Waals surface area (Å²) in [6, 6.07) is 63.8. The summed E-state index contributed by atoms with van der Waals surface area (Å²) in [5, 5.41) is 0. The third-order valence-electron chi connectivity index (χ3n) is 7.98. The van der Waals surface area contributed by atoms with Gasteiger partial charge in [0.2, 0.25) is 0 Å². The molecule has 6 rings (SSSR count). The Morgan fingerprint density at radius 1 is 0.311 bits per heavy atom. The van der Waals surface area contributed by atoms with Crippen LogP contribution in [-0.2, 0) is 20.4 Å². The van der Waals surface area contributed by atoms with Crippen LogP contribution in [0.25, 0.3) is 0 Å². The van der Waals surface area contributed by atoms with E-state index < -0.39 is 38.4 Å². The van der Waals surface area contributed by atoms with Gasteiger partial charge in [-0.15, -0.1) is 0 Å². The standard InChI is InChI=1S/2C8H9O.4C6H5.O.2Sn/c2*9-7-6-8-4-2-1-3-5-8;4*1-2-4-6-5-3-1;;;/h2*1-5H,6-7H2;4*1-5H;;;/q2*-1;;;;;;2*+1. The van der Waals surface area contributed by atoms with Crippen LogP contribution in [-0.4, -0.2) is 51.6 Å². The quantitative estimate of drug-likeness (QED) is 0.126. The van der Waals surface area contributed by atoms with Crippen molar-refractivity contribution < 1.29 is 7.56 Å². The van der Waals surface area contributed by atoms with Gasteiger partial charge in [-0.3, -0.25) is 0 Å². The minimum absolute atomic E-state index is 0.555. The van der Waals surface area contributed by atoms with E-state index in [1.54, 1.807) is 0 Å². The summed E-state index contributed by atoms with van der Waals surface area (Å²) in [6.45, 7) is 1.11. The first-order valence-corrected chi connectivity index (χ1v) is 25.9. The van der Waals surface area contributed by atoms with Crippen molar-refractivity contribution in [3.8, 4) is 0 Å². The van der Waals surface area contributed by atoms with Gasteiger partial charge in [-0.2, -0.15) is 0 Å². The molecule has 0 amide bonds. The molecule has 0 N–H and O–H groups in total. The van der Waals surface area contributed by atoms with Gasteiger partial charge in [-0.1, -0.05) is 0 Å². The van der Waals surface area contributed by atoms with E-state index >= 15 is 0 Å². The first-order valence-electron chi connectivity index (χ1n) is 15.6. The summed E-state index contributed by atoms with van der Waals surface area (Å²) in [4.78, 5) is 0. The normalized spacial score (nSPS) is 11.7. The van der Waals surface area contributed by atoms with Crippen LogP contribution in [0.4, 0.5) is 0 Å². The monoisotopic (exact) mass is 806 g/mol. The predicted octanol–water partition coefficient (Wildman–Crippen LogP) is 6.03. The molecule has 3 nitrogen and oxygen atoms in total. The topological polar surface area (TPSA) is 27.7 Å². The molecule has 0 unspecified atom stereocenters. The summed E-state index contributed by atoms with van der Waals surface area (Å²) < 4.78 is 27.3. The number of hydrogen-bond acceptors (Lipinski definition) is 3. The fraction of sp³-hybridized carbons (Fsp3) is 0.100. The van der Waals surface area contributed by atoms with Gasteiger partial charge in [0, 0.05) is 0 Å². The Hall–Kier alpha value is -3.20. The minimum atomic E-state index is -4.46. The molecular weight excluding hydrogens is 766 g/mol. The zero-order valence-electron chi connectivity index (χ0n) is 25.4. The molecule has 0 fully saturated rings. The van der Waals surface area contributed by atoms with Gasteiger partial charge in [0.15, 0.2) is 0 Å². The van der Waals surface area contributed by atoms with Crippen molar-refractivity contribution >= 4 is 52.7 Å². The molecule has 0 atom stereocenters. The van der Waals surface area contributed by atoms with Gasteiger partial charge < -0.3 is 0 Å². The predicted molar refractivity (Wildman–Crippen MR) is 189 cm³/mol. The van der Waals surface area contributed by atoms with Crippen LogP contribution in [0.3, 0.4) is 0 Å². The van der Waals surface area contributed by atoms with Gasteiger partial charge in [-0.25, -0.2) is 0 Å². The van der Waals surface area contributed by atoms with E-state index in [1.807, 2.05) is 0 Å². The molecule has 0 heterocycles. The number of rotatable bonds is 14. The molecule has 0 aliphatic heterocycles. The fourth-order valence-corrected chi connectivity index (χ4v) is 40.8. The van der Waals surface area contributed by atoms with Crippen molar-refractivity contribution in [1.29, 1.82) is 0 Å². The van der Waals surface area contributed by atoms with Crippen molar-refractivity contribution in [2.75, 3.05) is 13.2 Å². The fourth-order valence-electron chi connectivity index (χ4n) is 5.71. The molecule has 45 heavy (non-hydrogen) atoms. The van der Waals surface area contributed by atoms with E-state index in [0.717, 1.165) is 27.2 Å². The second kappa shape index (κ2) is 15.9. The van der Waals surface area contributed by atoms with Gasteiger partial charge >= 0.3 is 279 Å². The van der Waals surface area contributed by atoms with Crippen LogP contribution in [0, 0.1) is 0 Å². The Labute approximate surface area is 277 Å². The first-order chi connectivity index (χ1) is 22.3. The second-order valence-electron chi connectivity index (χ2n) is 11.0. The van der Waals surface area contributed by atoms with E-state index in [9.17, 15) is 0 Å². The third kappa shape index (κ3) is 7.79. The summed E-state index contributed by atoms with van der Waals surface area (Å²) >= 11 is -8.93. The van der Waals surface area contributed by atoms with Gasteiger partial charge in [0.05, 0.1) is 0 Å². The summed E-state index contributed by atoms with van der Waals surface area (Å²) in [7, 11) is 0. The first kappa shape index (κ1) is 31.8. The molecule has 224 valence electrons. The van der Waals surface area contributed by atoms with Crippen LogP contribution in [0.2, 0.25) is 0 Å². The van der Waals surface area contributed by atoms with Crippen LogP contribution in [0.1, 0.15) is 11.1 Å².